The summed E-state index contributed by atoms with van der Waals surface area (Å²) >= 11 is 0. The number of hydrogen-bond acceptors (Lipinski definition) is 7. The van der Waals surface area contributed by atoms with E-state index in [0.717, 1.165) is 6.07 Å². The van der Waals surface area contributed by atoms with Gasteiger partial charge in [0.1, 0.15) is 24.2 Å². The molecule has 31 heavy (non-hydrogen) atoms. The van der Waals surface area contributed by atoms with Crippen molar-refractivity contribution in [3.63, 3.8) is 0 Å². The van der Waals surface area contributed by atoms with Crippen LogP contribution in [-0.4, -0.2) is 23.0 Å². The van der Waals surface area contributed by atoms with E-state index in [1.807, 2.05) is 0 Å². The third-order valence-electron chi connectivity index (χ3n) is 4.87. The van der Waals surface area contributed by atoms with Gasteiger partial charge in [-0.05, 0) is 38.0 Å². The van der Waals surface area contributed by atoms with Crippen molar-refractivity contribution in [2.45, 2.75) is 45.7 Å². The smallest absolute Gasteiger partial charge is 0.416 e. The highest BCUT2D eigenvalue weighted by Crippen LogP contribution is 2.37. The van der Waals surface area contributed by atoms with Crippen LogP contribution in [0.1, 0.15) is 53.0 Å². The summed E-state index contributed by atoms with van der Waals surface area (Å²) in [5.74, 6) is 0.145. The van der Waals surface area contributed by atoms with E-state index >= 15 is 0 Å². The molecule has 1 aliphatic rings. The Morgan fingerprint density at radius 3 is 2.52 bits per heavy atom. The molecule has 0 radical (unpaired) electrons. The number of halogens is 3. The van der Waals surface area contributed by atoms with Gasteiger partial charge in [-0.1, -0.05) is 12.1 Å². The minimum atomic E-state index is -4.46. The maximum absolute atomic E-state index is 13.3. The molecule has 0 amide bonds. The second kappa shape index (κ2) is 8.83. The lowest BCUT2D eigenvalue weighted by molar-refractivity contribution is -0.140. The predicted octanol–water partition coefficient (Wildman–Crippen LogP) is 4.52. The Bertz CT molecular complexity index is 1000. The van der Waals surface area contributed by atoms with Crippen molar-refractivity contribution in [2.24, 2.45) is 0 Å². The summed E-state index contributed by atoms with van der Waals surface area (Å²) in [4.78, 5) is 20.6. The minimum absolute atomic E-state index is 0.118. The average molecular weight is 437 g/mol. The molecule has 0 unspecified atom stereocenters. The largest absolute Gasteiger partial charge is 0.469 e. The lowest BCUT2D eigenvalue weighted by Crippen LogP contribution is -2.19. The molecule has 7 nitrogen and oxygen atoms in total. The molecule has 0 bridgehead atoms. The van der Waals surface area contributed by atoms with Crippen molar-refractivity contribution in [2.75, 3.05) is 12.4 Å². The first kappa shape index (κ1) is 22.4. The molecule has 1 aromatic heterocycles. The molecule has 2 heterocycles. The minimum Gasteiger partial charge on any atom is -0.469 e. The number of methoxy groups -OCH3 is 1. The molecule has 10 heteroatoms. The summed E-state index contributed by atoms with van der Waals surface area (Å²) in [7, 11) is 1.26. The molecule has 3 rings (SSSR count). The Morgan fingerprint density at radius 1 is 1.23 bits per heavy atom. The molecule has 0 saturated heterocycles. The second-order valence-corrected chi connectivity index (χ2v) is 6.99. The fourth-order valence-corrected chi connectivity index (χ4v) is 3.43. The van der Waals surface area contributed by atoms with Crippen LogP contribution in [0.5, 0.6) is 0 Å². The molecule has 1 aliphatic heterocycles. The number of aryl methyl sites for hydroxylation is 1. The number of nitrogens with zero attached hydrogens (tertiary/aromatic N) is 2. The number of nitrogens with one attached hydrogen (secondary N) is 1. The van der Waals surface area contributed by atoms with Crippen LogP contribution >= 0.6 is 0 Å². The number of carbonyl (C=O) groups excluding carboxylic acids is 1. The summed E-state index contributed by atoms with van der Waals surface area (Å²) in [5, 5.41) is 3.14. The SMILES string of the molecule is COC(=O)Cc1nc(C)nc(N[C@H](C)c2cccc(C(F)(F)F)c2C)c1C1OC=CO1. The quantitative estimate of drug-likeness (QED) is 0.666. The average Bonchev–Trinajstić information content (AvgIpc) is 3.21. The van der Waals surface area contributed by atoms with E-state index in [2.05, 4.69) is 15.3 Å². The Hall–Kier alpha value is -3.30. The molecule has 1 N–H and O–H groups in total. The fourth-order valence-electron chi connectivity index (χ4n) is 3.43. The number of anilines is 1. The van der Waals surface area contributed by atoms with Gasteiger partial charge in [-0.15, -0.1) is 0 Å². The number of esters is 1. The highest BCUT2D eigenvalue weighted by Gasteiger charge is 2.34. The molecule has 0 saturated carbocycles. The van der Waals surface area contributed by atoms with Crippen LogP contribution in [0.15, 0.2) is 30.7 Å². The predicted molar refractivity (Wildman–Crippen MR) is 105 cm³/mol. The number of alkyl halides is 3. The number of aromatic nitrogens is 2. The van der Waals surface area contributed by atoms with E-state index in [-0.39, 0.29) is 12.0 Å². The molecular weight excluding hydrogens is 415 g/mol. The second-order valence-electron chi connectivity index (χ2n) is 6.99. The zero-order valence-corrected chi connectivity index (χ0v) is 17.4. The number of hydrogen-bond donors (Lipinski definition) is 1. The van der Waals surface area contributed by atoms with Crippen LogP contribution in [-0.2, 0) is 31.6 Å². The molecular formula is C21H22F3N3O4. The van der Waals surface area contributed by atoms with Crippen molar-refractivity contribution < 1.29 is 32.2 Å². The zero-order chi connectivity index (χ0) is 22.8. The number of carbonyl (C=O) groups is 1. The van der Waals surface area contributed by atoms with Gasteiger partial charge in [0.2, 0.25) is 0 Å². The monoisotopic (exact) mass is 437 g/mol. The van der Waals surface area contributed by atoms with Gasteiger partial charge in [0.25, 0.3) is 6.29 Å². The molecule has 1 aromatic carbocycles. The molecule has 0 aliphatic carbocycles. The van der Waals surface area contributed by atoms with E-state index in [9.17, 15) is 18.0 Å². The molecule has 0 fully saturated rings. The van der Waals surface area contributed by atoms with Crippen molar-refractivity contribution in [1.82, 2.24) is 9.97 Å². The Labute approximate surface area is 177 Å². The number of benzene rings is 1. The highest BCUT2D eigenvalue weighted by molar-refractivity contribution is 5.73. The summed E-state index contributed by atoms with van der Waals surface area (Å²) in [6, 6.07) is 3.49. The first-order valence-corrected chi connectivity index (χ1v) is 9.45. The highest BCUT2D eigenvalue weighted by atomic mass is 19.4. The standard InChI is InChI=1S/C21H22F3N3O4/c1-11-14(6-5-7-15(11)21(22,23)24)12(2)25-19-18(20-30-8-9-31-20)16(10-17(28)29-4)26-13(3)27-19/h5-9,12,20H,10H2,1-4H3,(H,25,26,27)/t12-/m1/s1. The summed E-state index contributed by atoms with van der Waals surface area (Å²) < 4.78 is 55.6. The number of ether oxygens (including phenoxy) is 3. The van der Waals surface area contributed by atoms with Crippen molar-refractivity contribution in [3.05, 3.63) is 64.5 Å². The van der Waals surface area contributed by atoms with Gasteiger partial charge in [0.15, 0.2) is 0 Å². The van der Waals surface area contributed by atoms with Crippen molar-refractivity contribution in [1.29, 1.82) is 0 Å². The third-order valence-corrected chi connectivity index (χ3v) is 4.87. The van der Waals surface area contributed by atoms with Crippen LogP contribution in [0.2, 0.25) is 0 Å². The van der Waals surface area contributed by atoms with Crippen LogP contribution in [0.25, 0.3) is 0 Å². The topological polar surface area (TPSA) is 82.6 Å². The molecule has 1 atom stereocenters. The maximum Gasteiger partial charge on any atom is 0.416 e. The van der Waals surface area contributed by atoms with Crippen LogP contribution in [0.4, 0.5) is 19.0 Å². The maximum atomic E-state index is 13.3. The summed E-state index contributed by atoms with van der Waals surface area (Å²) in [6.07, 6.45) is -2.82. The molecule has 2 aromatic rings. The Balaban J connectivity index is 2.02. The molecule has 166 valence electrons. The Kier molecular flexibility index (Phi) is 6.37. The molecule has 0 spiro atoms. The Morgan fingerprint density at radius 2 is 1.90 bits per heavy atom. The number of rotatable bonds is 6. The van der Waals surface area contributed by atoms with Gasteiger partial charge < -0.3 is 19.5 Å². The van der Waals surface area contributed by atoms with Gasteiger partial charge in [-0.3, -0.25) is 4.79 Å². The van der Waals surface area contributed by atoms with E-state index in [4.69, 9.17) is 14.2 Å². The van der Waals surface area contributed by atoms with Gasteiger partial charge in [0, 0.05) is 0 Å². The normalized spacial score (nSPS) is 14.7. The van der Waals surface area contributed by atoms with Crippen LogP contribution in [0, 0.1) is 13.8 Å². The van der Waals surface area contributed by atoms with E-state index in [1.165, 1.54) is 32.6 Å². The van der Waals surface area contributed by atoms with Gasteiger partial charge >= 0.3 is 12.1 Å². The first-order chi connectivity index (χ1) is 14.6. The first-order valence-electron chi connectivity index (χ1n) is 9.45. The lowest BCUT2D eigenvalue weighted by atomic mass is 9.97. The van der Waals surface area contributed by atoms with E-state index in [0.29, 0.717) is 28.5 Å². The fraction of sp³-hybridized carbons (Fsp3) is 0.381. The zero-order valence-electron chi connectivity index (χ0n) is 17.4. The summed E-state index contributed by atoms with van der Waals surface area (Å²) in [6.45, 7) is 4.79. The summed E-state index contributed by atoms with van der Waals surface area (Å²) in [5.41, 5.74) is 0.585. The van der Waals surface area contributed by atoms with Gasteiger partial charge in [0.05, 0.1) is 36.4 Å². The van der Waals surface area contributed by atoms with E-state index < -0.39 is 30.0 Å². The van der Waals surface area contributed by atoms with Gasteiger partial charge in [-0.25, -0.2) is 9.97 Å². The third kappa shape index (κ3) is 4.89. The van der Waals surface area contributed by atoms with Gasteiger partial charge in [-0.2, -0.15) is 13.2 Å². The lowest BCUT2D eigenvalue weighted by Gasteiger charge is -2.24. The van der Waals surface area contributed by atoms with Crippen molar-refractivity contribution in [3.8, 4) is 0 Å². The van der Waals surface area contributed by atoms with Crippen LogP contribution < -0.4 is 5.32 Å². The van der Waals surface area contributed by atoms with Crippen LogP contribution in [0.3, 0.4) is 0 Å². The van der Waals surface area contributed by atoms with Crippen molar-refractivity contribution >= 4 is 11.8 Å². The van der Waals surface area contributed by atoms with E-state index in [1.54, 1.807) is 19.9 Å².